The van der Waals surface area contributed by atoms with E-state index in [2.05, 4.69) is 26.1 Å². The number of nitrogens with zero attached hydrogens (tertiary/aromatic N) is 2. The van der Waals surface area contributed by atoms with Gasteiger partial charge >= 0.3 is 0 Å². The van der Waals surface area contributed by atoms with Crippen LogP contribution in [0.2, 0.25) is 0 Å². The van der Waals surface area contributed by atoms with E-state index in [0.29, 0.717) is 30.3 Å². The van der Waals surface area contributed by atoms with Gasteiger partial charge in [-0.05, 0) is 30.7 Å². The van der Waals surface area contributed by atoms with E-state index in [4.69, 9.17) is 14.2 Å². The van der Waals surface area contributed by atoms with Crippen LogP contribution in [0.4, 0.5) is 0 Å². The zero-order chi connectivity index (χ0) is 22.0. The lowest BCUT2D eigenvalue weighted by molar-refractivity contribution is 0.0722. The lowest BCUT2D eigenvalue weighted by Crippen LogP contribution is -2.31. The highest BCUT2D eigenvalue weighted by Crippen LogP contribution is 2.46. The molecule has 3 aromatic rings. The Hall–Kier alpha value is -2.84. The molecule has 1 aromatic heterocycles. The smallest absolute Gasteiger partial charge is 0.273 e. The Morgan fingerprint density at radius 1 is 1.10 bits per heavy atom. The summed E-state index contributed by atoms with van der Waals surface area (Å²) in [7, 11) is 4.90. The molecule has 0 saturated heterocycles. The number of fused-ring (bicyclic) bond motifs is 1. The number of ether oxygens (including phenoxy) is 3. The number of amides is 1. The van der Waals surface area contributed by atoms with Crippen molar-refractivity contribution in [3.63, 3.8) is 0 Å². The summed E-state index contributed by atoms with van der Waals surface area (Å²) in [6.07, 6.45) is 0.725. The van der Waals surface area contributed by atoms with Gasteiger partial charge in [-0.2, -0.15) is 5.10 Å². The predicted octanol–water partition coefficient (Wildman–Crippen LogP) is 4.44. The fraction of sp³-hybridized carbons (Fsp3) is 0.304. The van der Waals surface area contributed by atoms with E-state index in [0.717, 1.165) is 33.3 Å². The van der Waals surface area contributed by atoms with Crippen molar-refractivity contribution in [2.75, 3.05) is 34.5 Å². The van der Waals surface area contributed by atoms with E-state index >= 15 is 0 Å². The SMILES string of the molecule is COCCCN1C(=O)c2[nH]nc(-c3ccc(Br)cc3)c2C1c1ccc(OC)cc1OC. The third kappa shape index (κ3) is 3.93. The molecule has 0 bridgehead atoms. The number of rotatable bonds is 8. The summed E-state index contributed by atoms with van der Waals surface area (Å²) >= 11 is 3.48. The summed E-state index contributed by atoms with van der Waals surface area (Å²) in [6.45, 7) is 1.12. The van der Waals surface area contributed by atoms with Gasteiger partial charge in [0.25, 0.3) is 5.91 Å². The molecule has 2 heterocycles. The molecule has 1 aliphatic rings. The molecular formula is C23H24BrN3O4. The lowest BCUT2D eigenvalue weighted by atomic mass is 9.95. The van der Waals surface area contributed by atoms with Gasteiger partial charge in [-0.3, -0.25) is 9.89 Å². The van der Waals surface area contributed by atoms with E-state index in [-0.39, 0.29) is 11.9 Å². The number of aromatic nitrogens is 2. The van der Waals surface area contributed by atoms with Crippen LogP contribution in [-0.2, 0) is 4.74 Å². The number of hydrogen-bond donors (Lipinski definition) is 1. The number of methoxy groups -OCH3 is 3. The Morgan fingerprint density at radius 2 is 1.87 bits per heavy atom. The number of H-pyrrole nitrogens is 1. The zero-order valence-corrected chi connectivity index (χ0v) is 19.2. The van der Waals surface area contributed by atoms with Gasteiger partial charge in [0.2, 0.25) is 0 Å². The van der Waals surface area contributed by atoms with Crippen molar-refractivity contribution in [2.24, 2.45) is 0 Å². The molecule has 2 aromatic carbocycles. The Bertz CT molecular complexity index is 1080. The van der Waals surface area contributed by atoms with E-state index in [1.165, 1.54) is 0 Å². The molecule has 0 spiro atoms. The molecule has 162 valence electrons. The van der Waals surface area contributed by atoms with Gasteiger partial charge in [0.05, 0.1) is 26.0 Å². The average Bonchev–Trinajstić information content (AvgIpc) is 3.33. The number of carbonyl (C=O) groups is 1. The second-order valence-electron chi connectivity index (χ2n) is 7.22. The molecule has 1 amide bonds. The maximum Gasteiger partial charge on any atom is 0.273 e. The molecule has 1 atom stereocenters. The van der Waals surface area contributed by atoms with Crippen molar-refractivity contribution < 1.29 is 19.0 Å². The van der Waals surface area contributed by atoms with Crippen LogP contribution < -0.4 is 9.47 Å². The molecule has 1 N–H and O–H groups in total. The van der Waals surface area contributed by atoms with Crippen molar-refractivity contribution in [2.45, 2.75) is 12.5 Å². The number of carbonyl (C=O) groups excluding carboxylic acids is 1. The van der Waals surface area contributed by atoms with E-state index in [9.17, 15) is 4.79 Å². The van der Waals surface area contributed by atoms with Crippen molar-refractivity contribution >= 4 is 21.8 Å². The second-order valence-corrected chi connectivity index (χ2v) is 8.14. The number of nitrogens with one attached hydrogen (secondary N) is 1. The van der Waals surface area contributed by atoms with Gasteiger partial charge in [0.1, 0.15) is 17.2 Å². The topological polar surface area (TPSA) is 76.7 Å². The number of hydrogen-bond acceptors (Lipinski definition) is 5. The predicted molar refractivity (Wildman–Crippen MR) is 121 cm³/mol. The van der Waals surface area contributed by atoms with Crippen LogP contribution >= 0.6 is 15.9 Å². The summed E-state index contributed by atoms with van der Waals surface area (Å²) in [5.74, 6) is 1.27. The van der Waals surface area contributed by atoms with Crippen LogP contribution in [0.1, 0.15) is 34.1 Å². The van der Waals surface area contributed by atoms with Gasteiger partial charge in [-0.1, -0.05) is 28.1 Å². The quantitative estimate of drug-likeness (QED) is 0.477. The average molecular weight is 486 g/mol. The molecule has 0 aliphatic carbocycles. The molecule has 1 unspecified atom stereocenters. The zero-order valence-electron chi connectivity index (χ0n) is 17.6. The van der Waals surface area contributed by atoms with Gasteiger partial charge in [0.15, 0.2) is 0 Å². The standard InChI is InChI=1S/C23H24BrN3O4/c1-29-12-4-11-27-22(17-10-9-16(30-2)13-18(17)31-3)19-20(25-26-21(19)23(27)28)14-5-7-15(24)8-6-14/h5-10,13,22H,4,11-12H2,1-3H3,(H,25,26). The van der Waals surface area contributed by atoms with Gasteiger partial charge in [-0.25, -0.2) is 0 Å². The van der Waals surface area contributed by atoms with Crippen molar-refractivity contribution in [3.05, 3.63) is 63.8 Å². The lowest BCUT2D eigenvalue weighted by Gasteiger charge is -2.27. The number of halogens is 1. The molecule has 7 nitrogen and oxygen atoms in total. The summed E-state index contributed by atoms with van der Waals surface area (Å²) in [5.41, 5.74) is 3.94. The van der Waals surface area contributed by atoms with Crippen LogP contribution in [0.15, 0.2) is 46.9 Å². The molecule has 31 heavy (non-hydrogen) atoms. The number of aromatic amines is 1. The summed E-state index contributed by atoms with van der Waals surface area (Å²) in [6, 6.07) is 13.2. The van der Waals surface area contributed by atoms with Crippen molar-refractivity contribution in [3.8, 4) is 22.8 Å². The third-order valence-corrected chi connectivity index (χ3v) is 5.99. The summed E-state index contributed by atoms with van der Waals surface area (Å²) < 4.78 is 17.2. The first-order valence-corrected chi connectivity index (χ1v) is 10.7. The van der Waals surface area contributed by atoms with Crippen LogP contribution in [0.3, 0.4) is 0 Å². The maximum atomic E-state index is 13.3. The minimum absolute atomic E-state index is 0.0789. The maximum absolute atomic E-state index is 13.3. The highest BCUT2D eigenvalue weighted by molar-refractivity contribution is 9.10. The minimum atomic E-state index is -0.336. The first-order chi connectivity index (χ1) is 15.1. The first kappa shape index (κ1) is 21.4. The largest absolute Gasteiger partial charge is 0.497 e. The van der Waals surface area contributed by atoms with Crippen molar-refractivity contribution in [1.82, 2.24) is 15.1 Å². The molecule has 1 aliphatic heterocycles. The molecule has 0 radical (unpaired) electrons. The van der Waals surface area contributed by atoms with Gasteiger partial charge in [-0.15, -0.1) is 0 Å². The van der Waals surface area contributed by atoms with E-state index in [1.807, 2.05) is 47.4 Å². The number of benzene rings is 2. The highest BCUT2D eigenvalue weighted by Gasteiger charge is 2.43. The molecular weight excluding hydrogens is 462 g/mol. The first-order valence-electron chi connectivity index (χ1n) is 9.95. The minimum Gasteiger partial charge on any atom is -0.497 e. The molecule has 4 rings (SSSR count). The molecule has 8 heteroatoms. The monoisotopic (exact) mass is 485 g/mol. The Labute approximate surface area is 189 Å². The van der Waals surface area contributed by atoms with Crippen LogP contribution in [0.25, 0.3) is 11.3 Å². The van der Waals surface area contributed by atoms with Crippen LogP contribution in [0, 0.1) is 0 Å². The summed E-state index contributed by atoms with van der Waals surface area (Å²) in [4.78, 5) is 15.2. The third-order valence-electron chi connectivity index (χ3n) is 5.46. The van der Waals surface area contributed by atoms with Crippen molar-refractivity contribution in [1.29, 1.82) is 0 Å². The molecule has 0 fully saturated rings. The molecule has 0 saturated carbocycles. The Kier molecular flexibility index (Phi) is 6.29. The van der Waals surface area contributed by atoms with E-state index in [1.54, 1.807) is 21.3 Å². The van der Waals surface area contributed by atoms with Crippen LogP contribution in [0.5, 0.6) is 11.5 Å². The van der Waals surface area contributed by atoms with Gasteiger partial charge in [0, 0.05) is 47.5 Å². The fourth-order valence-corrected chi connectivity index (χ4v) is 4.27. The second kappa shape index (κ2) is 9.11. The fourth-order valence-electron chi connectivity index (χ4n) is 4.00. The normalized spacial score (nSPS) is 15.3. The van der Waals surface area contributed by atoms with Crippen LogP contribution in [-0.4, -0.2) is 55.5 Å². The van der Waals surface area contributed by atoms with E-state index < -0.39 is 0 Å². The Morgan fingerprint density at radius 3 is 2.55 bits per heavy atom. The highest BCUT2D eigenvalue weighted by atomic mass is 79.9. The Balaban J connectivity index is 1.86. The summed E-state index contributed by atoms with van der Waals surface area (Å²) in [5, 5.41) is 7.49. The van der Waals surface area contributed by atoms with Gasteiger partial charge < -0.3 is 19.1 Å².